The van der Waals surface area contributed by atoms with Crippen molar-refractivity contribution < 1.29 is 22.8 Å². The first-order chi connectivity index (χ1) is 12.7. The van der Waals surface area contributed by atoms with Gasteiger partial charge in [-0.05, 0) is 19.1 Å². The third kappa shape index (κ3) is 5.74. The molecule has 11 heteroatoms. The molecule has 0 atom stereocenters. The van der Waals surface area contributed by atoms with E-state index in [-0.39, 0.29) is 22.8 Å². The van der Waals surface area contributed by atoms with Crippen molar-refractivity contribution in [3.8, 4) is 0 Å². The maximum absolute atomic E-state index is 13.0. The van der Waals surface area contributed by atoms with Gasteiger partial charge in [0.05, 0.1) is 28.9 Å². The highest BCUT2D eigenvalue weighted by Crippen LogP contribution is 2.38. The summed E-state index contributed by atoms with van der Waals surface area (Å²) in [7, 11) is 0. The standard InChI is InChI=1S/C16H13ClF3N5O2/c1-9(24-25-15(27)12-8-21-5-6-22-12)7-13(26)23-14-10(16(18,19)20)3-2-4-11(14)17/h2-6,8H,7H2,1H3,(H,23,26)(H,25,27). The van der Waals surface area contributed by atoms with Crippen LogP contribution in [0.5, 0.6) is 0 Å². The molecule has 0 aliphatic heterocycles. The lowest BCUT2D eigenvalue weighted by atomic mass is 10.1. The number of aromatic nitrogens is 2. The quantitative estimate of drug-likeness (QED) is 0.595. The minimum atomic E-state index is -4.68. The van der Waals surface area contributed by atoms with Gasteiger partial charge in [0, 0.05) is 18.1 Å². The zero-order valence-corrected chi connectivity index (χ0v) is 14.6. The van der Waals surface area contributed by atoms with Gasteiger partial charge in [0.1, 0.15) is 5.69 Å². The van der Waals surface area contributed by atoms with Gasteiger partial charge in [0.2, 0.25) is 5.91 Å². The molecule has 0 unspecified atom stereocenters. The average Bonchev–Trinajstić information content (AvgIpc) is 2.61. The zero-order valence-electron chi connectivity index (χ0n) is 13.8. The summed E-state index contributed by atoms with van der Waals surface area (Å²) in [4.78, 5) is 31.3. The first-order valence-electron chi connectivity index (χ1n) is 7.43. The van der Waals surface area contributed by atoms with Gasteiger partial charge >= 0.3 is 6.18 Å². The number of halogens is 4. The molecule has 2 aromatic rings. The van der Waals surface area contributed by atoms with Gasteiger partial charge in [-0.1, -0.05) is 17.7 Å². The number of amides is 2. The van der Waals surface area contributed by atoms with Crippen LogP contribution < -0.4 is 10.7 Å². The van der Waals surface area contributed by atoms with Crippen molar-refractivity contribution in [1.82, 2.24) is 15.4 Å². The number of hydrogen-bond donors (Lipinski definition) is 2. The molecule has 2 amide bonds. The normalized spacial score (nSPS) is 11.8. The summed E-state index contributed by atoms with van der Waals surface area (Å²) in [5.74, 6) is -1.42. The first-order valence-corrected chi connectivity index (χ1v) is 7.81. The van der Waals surface area contributed by atoms with Crippen LogP contribution in [0.2, 0.25) is 5.02 Å². The molecular formula is C16H13ClF3N5O2. The summed E-state index contributed by atoms with van der Waals surface area (Å²) in [6.45, 7) is 1.42. The zero-order chi connectivity index (χ0) is 20.0. The highest BCUT2D eigenvalue weighted by atomic mass is 35.5. The molecule has 1 aromatic heterocycles. The minimum Gasteiger partial charge on any atom is -0.324 e. The molecule has 1 aromatic carbocycles. The summed E-state index contributed by atoms with van der Waals surface area (Å²) in [6, 6.07) is 3.17. The Hall–Kier alpha value is -3.01. The third-order valence-electron chi connectivity index (χ3n) is 3.14. The summed E-state index contributed by atoms with van der Waals surface area (Å²) < 4.78 is 39.1. The second kappa shape index (κ2) is 8.58. The predicted molar refractivity (Wildman–Crippen MR) is 92.3 cm³/mol. The summed E-state index contributed by atoms with van der Waals surface area (Å²) in [6.07, 6.45) is -1.10. The topological polar surface area (TPSA) is 96.3 Å². The number of carbonyl (C=O) groups is 2. The van der Waals surface area contributed by atoms with Crippen LogP contribution in [0, 0.1) is 0 Å². The van der Waals surface area contributed by atoms with E-state index in [1.54, 1.807) is 0 Å². The van der Waals surface area contributed by atoms with Crippen LogP contribution in [0.4, 0.5) is 18.9 Å². The lowest BCUT2D eigenvalue weighted by Gasteiger charge is -2.15. The van der Waals surface area contributed by atoms with E-state index in [4.69, 9.17) is 11.6 Å². The second-order valence-corrected chi connectivity index (χ2v) is 5.67. The van der Waals surface area contributed by atoms with E-state index < -0.39 is 29.2 Å². The van der Waals surface area contributed by atoms with Gasteiger partial charge in [-0.2, -0.15) is 18.3 Å². The Labute approximate surface area is 156 Å². The number of hydrazone groups is 1. The third-order valence-corrected chi connectivity index (χ3v) is 3.46. The van der Waals surface area contributed by atoms with Gasteiger partial charge in [-0.15, -0.1) is 0 Å². The summed E-state index contributed by atoms with van der Waals surface area (Å²) in [5.41, 5.74) is 0.756. The molecule has 0 bridgehead atoms. The monoisotopic (exact) mass is 399 g/mol. The number of anilines is 1. The first kappa shape index (κ1) is 20.3. The maximum Gasteiger partial charge on any atom is 0.418 e. The number of carbonyl (C=O) groups excluding carboxylic acids is 2. The number of alkyl halides is 3. The lowest BCUT2D eigenvalue weighted by Crippen LogP contribution is -2.23. The van der Waals surface area contributed by atoms with Crippen molar-refractivity contribution in [1.29, 1.82) is 0 Å². The van der Waals surface area contributed by atoms with Crippen molar-refractivity contribution in [2.24, 2.45) is 5.10 Å². The number of para-hydroxylation sites is 1. The van der Waals surface area contributed by atoms with Gasteiger partial charge in [-0.25, -0.2) is 10.4 Å². The van der Waals surface area contributed by atoms with E-state index in [9.17, 15) is 22.8 Å². The van der Waals surface area contributed by atoms with Crippen LogP contribution in [0.25, 0.3) is 0 Å². The van der Waals surface area contributed by atoms with E-state index in [0.717, 1.165) is 12.1 Å². The number of rotatable bonds is 5. The molecule has 142 valence electrons. The van der Waals surface area contributed by atoms with Crippen LogP contribution in [0.1, 0.15) is 29.4 Å². The number of nitrogens with zero attached hydrogens (tertiary/aromatic N) is 3. The van der Waals surface area contributed by atoms with E-state index in [0.29, 0.717) is 0 Å². The van der Waals surface area contributed by atoms with E-state index in [2.05, 4.69) is 25.8 Å². The molecule has 2 N–H and O–H groups in total. The fourth-order valence-electron chi connectivity index (χ4n) is 1.96. The fourth-order valence-corrected chi connectivity index (χ4v) is 2.18. The fraction of sp³-hybridized carbons (Fsp3) is 0.188. The van der Waals surface area contributed by atoms with Crippen molar-refractivity contribution in [3.63, 3.8) is 0 Å². The van der Waals surface area contributed by atoms with Crippen LogP contribution in [0.15, 0.2) is 41.9 Å². The molecule has 0 saturated carbocycles. The number of benzene rings is 1. The number of hydrogen-bond acceptors (Lipinski definition) is 5. The van der Waals surface area contributed by atoms with Crippen LogP contribution >= 0.6 is 11.6 Å². The Kier molecular flexibility index (Phi) is 6.45. The molecule has 2 rings (SSSR count). The predicted octanol–water partition coefficient (Wildman–Crippen LogP) is 3.28. The van der Waals surface area contributed by atoms with E-state index in [1.165, 1.54) is 31.6 Å². The van der Waals surface area contributed by atoms with Crippen LogP contribution in [0.3, 0.4) is 0 Å². The lowest BCUT2D eigenvalue weighted by molar-refractivity contribution is -0.137. The van der Waals surface area contributed by atoms with Crippen molar-refractivity contribution in [2.45, 2.75) is 19.5 Å². The second-order valence-electron chi connectivity index (χ2n) is 5.26. The van der Waals surface area contributed by atoms with Gasteiger partial charge in [0.15, 0.2) is 0 Å². The Morgan fingerprint density at radius 3 is 2.63 bits per heavy atom. The van der Waals surface area contributed by atoms with E-state index in [1.807, 2.05) is 0 Å². The summed E-state index contributed by atoms with van der Waals surface area (Å²) in [5, 5.41) is 5.59. The molecule has 0 aliphatic carbocycles. The maximum atomic E-state index is 13.0. The van der Waals surface area contributed by atoms with Gasteiger partial charge < -0.3 is 5.32 Å². The van der Waals surface area contributed by atoms with Crippen LogP contribution in [-0.2, 0) is 11.0 Å². The largest absolute Gasteiger partial charge is 0.418 e. The Morgan fingerprint density at radius 2 is 2.00 bits per heavy atom. The average molecular weight is 400 g/mol. The minimum absolute atomic E-state index is 0.0180. The molecule has 0 radical (unpaired) electrons. The molecule has 0 saturated heterocycles. The molecular weight excluding hydrogens is 387 g/mol. The SMILES string of the molecule is CC(CC(=O)Nc1c(Cl)cccc1C(F)(F)F)=NNC(=O)c1cnccn1. The summed E-state index contributed by atoms with van der Waals surface area (Å²) >= 11 is 5.77. The molecule has 7 nitrogen and oxygen atoms in total. The highest BCUT2D eigenvalue weighted by molar-refractivity contribution is 6.34. The van der Waals surface area contributed by atoms with Crippen molar-refractivity contribution in [2.75, 3.05) is 5.32 Å². The van der Waals surface area contributed by atoms with E-state index >= 15 is 0 Å². The van der Waals surface area contributed by atoms with Gasteiger partial charge in [0.25, 0.3) is 5.91 Å². The smallest absolute Gasteiger partial charge is 0.324 e. The molecule has 1 heterocycles. The number of nitrogens with one attached hydrogen (secondary N) is 2. The molecule has 27 heavy (non-hydrogen) atoms. The molecule has 0 aliphatic rings. The Bertz CT molecular complexity index is 872. The van der Waals surface area contributed by atoms with Gasteiger partial charge in [-0.3, -0.25) is 14.6 Å². The van der Waals surface area contributed by atoms with Crippen molar-refractivity contribution in [3.05, 3.63) is 53.1 Å². The Morgan fingerprint density at radius 1 is 1.26 bits per heavy atom. The molecule has 0 spiro atoms. The van der Waals surface area contributed by atoms with Crippen molar-refractivity contribution >= 4 is 34.8 Å². The Balaban J connectivity index is 2.03. The van der Waals surface area contributed by atoms with Crippen LogP contribution in [-0.4, -0.2) is 27.5 Å². The highest BCUT2D eigenvalue weighted by Gasteiger charge is 2.34. The molecule has 0 fully saturated rings.